The molecule has 0 radical (unpaired) electrons. The number of fused-ring (bicyclic) bond motifs is 1. The lowest BCUT2D eigenvalue weighted by Gasteiger charge is -2.29. The Morgan fingerprint density at radius 1 is 1.10 bits per heavy atom. The average molecular weight is 411 g/mol. The summed E-state index contributed by atoms with van der Waals surface area (Å²) in [4.78, 5) is 52.5. The fraction of sp³-hybridized carbons (Fsp3) is 0.238. The van der Waals surface area contributed by atoms with E-state index in [0.717, 1.165) is 4.90 Å². The average Bonchev–Trinajstić information content (AvgIpc) is 2.69. The van der Waals surface area contributed by atoms with Crippen LogP contribution in [0.3, 0.4) is 0 Å². The summed E-state index contributed by atoms with van der Waals surface area (Å²) >= 11 is 1.38. The molecule has 0 spiro atoms. The van der Waals surface area contributed by atoms with Crippen molar-refractivity contribution in [1.82, 2.24) is 4.90 Å². The summed E-state index contributed by atoms with van der Waals surface area (Å²) in [5, 5.41) is 2.72. The van der Waals surface area contributed by atoms with Crippen molar-refractivity contribution in [1.29, 1.82) is 0 Å². The molecule has 29 heavy (non-hydrogen) atoms. The van der Waals surface area contributed by atoms with E-state index in [0.29, 0.717) is 22.5 Å². The molecule has 0 bridgehead atoms. The van der Waals surface area contributed by atoms with Crippen LogP contribution in [-0.4, -0.2) is 54.8 Å². The number of anilines is 2. The number of nitrogens with one attached hydrogen (secondary N) is 1. The number of nitrogens with zero attached hydrogens (tertiary/aromatic N) is 2. The molecule has 2 aromatic rings. The molecule has 1 heterocycles. The minimum atomic E-state index is -0.388. The molecule has 2 aromatic carbocycles. The first-order valence-electron chi connectivity index (χ1n) is 8.96. The number of Topliss-reactive ketones (excluding diaryl/α,β-unsaturated/α-hetero) is 1. The van der Waals surface area contributed by atoms with E-state index in [2.05, 4.69) is 5.32 Å². The molecule has 0 unspecified atom stereocenters. The Hall–Kier alpha value is -3.13. The van der Waals surface area contributed by atoms with Crippen LogP contribution in [0.5, 0.6) is 0 Å². The van der Waals surface area contributed by atoms with Gasteiger partial charge in [-0.15, -0.1) is 11.8 Å². The number of amides is 3. The van der Waals surface area contributed by atoms with Crippen molar-refractivity contribution in [2.45, 2.75) is 11.8 Å². The van der Waals surface area contributed by atoms with Gasteiger partial charge in [-0.05, 0) is 37.3 Å². The van der Waals surface area contributed by atoms with Gasteiger partial charge >= 0.3 is 0 Å². The largest absolute Gasteiger partial charge is 0.345 e. The summed E-state index contributed by atoms with van der Waals surface area (Å²) in [6.07, 6.45) is 0. The highest BCUT2D eigenvalue weighted by molar-refractivity contribution is 8.00. The number of hydrogen-bond acceptors (Lipinski definition) is 5. The monoisotopic (exact) mass is 411 g/mol. The molecule has 0 aliphatic carbocycles. The van der Waals surface area contributed by atoms with Crippen LogP contribution >= 0.6 is 11.8 Å². The molecule has 8 heteroatoms. The zero-order chi connectivity index (χ0) is 21.1. The van der Waals surface area contributed by atoms with Crippen LogP contribution < -0.4 is 10.2 Å². The zero-order valence-corrected chi connectivity index (χ0v) is 17.2. The second-order valence-corrected chi connectivity index (χ2v) is 7.85. The van der Waals surface area contributed by atoms with Crippen molar-refractivity contribution in [3.63, 3.8) is 0 Å². The highest BCUT2D eigenvalue weighted by atomic mass is 32.2. The van der Waals surface area contributed by atoms with Crippen LogP contribution in [0, 0.1) is 0 Å². The fourth-order valence-electron chi connectivity index (χ4n) is 2.93. The van der Waals surface area contributed by atoms with E-state index < -0.39 is 0 Å². The van der Waals surface area contributed by atoms with Crippen LogP contribution in [0.15, 0.2) is 47.4 Å². The molecule has 1 aliphatic rings. The first-order chi connectivity index (χ1) is 13.8. The summed E-state index contributed by atoms with van der Waals surface area (Å²) in [7, 11) is 3.31. The van der Waals surface area contributed by atoms with Crippen molar-refractivity contribution in [3.05, 3.63) is 53.6 Å². The van der Waals surface area contributed by atoms with Gasteiger partial charge in [-0.3, -0.25) is 19.2 Å². The topological polar surface area (TPSA) is 86.8 Å². The normalized spacial score (nSPS) is 12.9. The Labute approximate surface area is 173 Å². The lowest BCUT2D eigenvalue weighted by atomic mass is 10.1. The minimum absolute atomic E-state index is 0.101. The van der Waals surface area contributed by atoms with Gasteiger partial charge in [0.2, 0.25) is 11.8 Å². The van der Waals surface area contributed by atoms with Gasteiger partial charge in [-0.25, -0.2) is 0 Å². The summed E-state index contributed by atoms with van der Waals surface area (Å²) in [5.41, 5.74) is 1.97. The predicted molar refractivity (Wildman–Crippen MR) is 113 cm³/mol. The Morgan fingerprint density at radius 2 is 1.86 bits per heavy atom. The molecule has 0 saturated carbocycles. The molecular weight excluding hydrogens is 390 g/mol. The molecule has 7 nitrogen and oxygen atoms in total. The maximum absolute atomic E-state index is 12.6. The third kappa shape index (κ3) is 4.65. The Morgan fingerprint density at radius 3 is 2.55 bits per heavy atom. The van der Waals surface area contributed by atoms with Gasteiger partial charge in [0.25, 0.3) is 5.91 Å². The maximum Gasteiger partial charge on any atom is 0.253 e. The van der Waals surface area contributed by atoms with Gasteiger partial charge in [0.15, 0.2) is 5.78 Å². The number of rotatable bonds is 5. The van der Waals surface area contributed by atoms with Crippen LogP contribution in [0.4, 0.5) is 11.4 Å². The van der Waals surface area contributed by atoms with E-state index in [-0.39, 0.29) is 35.8 Å². The second kappa shape index (κ2) is 8.48. The minimum Gasteiger partial charge on any atom is -0.345 e. The quantitative estimate of drug-likeness (QED) is 0.765. The van der Waals surface area contributed by atoms with Crippen LogP contribution in [0.1, 0.15) is 27.6 Å². The molecule has 3 amide bonds. The predicted octanol–water partition coefficient (Wildman–Crippen LogP) is 2.67. The lowest BCUT2D eigenvalue weighted by Crippen LogP contribution is -2.41. The Bertz CT molecular complexity index is 1000. The van der Waals surface area contributed by atoms with Crippen LogP contribution in [-0.2, 0) is 9.59 Å². The van der Waals surface area contributed by atoms with Gasteiger partial charge in [-0.2, -0.15) is 0 Å². The van der Waals surface area contributed by atoms with Crippen molar-refractivity contribution < 1.29 is 19.2 Å². The van der Waals surface area contributed by atoms with E-state index in [1.54, 1.807) is 56.6 Å². The summed E-state index contributed by atoms with van der Waals surface area (Å²) in [6, 6.07) is 11.8. The van der Waals surface area contributed by atoms with Gasteiger partial charge in [0.1, 0.15) is 6.54 Å². The maximum atomic E-state index is 12.6. The van der Waals surface area contributed by atoms with E-state index in [1.165, 1.54) is 28.5 Å². The number of thioether (sulfide) groups is 1. The molecule has 0 fully saturated rings. The van der Waals surface area contributed by atoms with Crippen molar-refractivity contribution in [3.8, 4) is 0 Å². The lowest BCUT2D eigenvalue weighted by molar-refractivity contribution is -0.120. The van der Waals surface area contributed by atoms with Gasteiger partial charge in [0, 0.05) is 35.8 Å². The SMILES string of the molecule is CC(=O)c1cccc(NC(=O)CN2C(=O)CSc3ccc(C(=O)N(C)C)cc32)c1. The molecule has 1 aliphatic heterocycles. The van der Waals surface area contributed by atoms with E-state index in [1.807, 2.05) is 0 Å². The third-order valence-electron chi connectivity index (χ3n) is 4.41. The van der Waals surface area contributed by atoms with Gasteiger partial charge < -0.3 is 15.1 Å². The van der Waals surface area contributed by atoms with Gasteiger partial charge in [-0.1, -0.05) is 12.1 Å². The summed E-state index contributed by atoms with van der Waals surface area (Å²) in [5.74, 6) is -0.649. The summed E-state index contributed by atoms with van der Waals surface area (Å²) < 4.78 is 0. The Balaban J connectivity index is 1.82. The zero-order valence-electron chi connectivity index (χ0n) is 16.4. The first-order valence-corrected chi connectivity index (χ1v) is 9.94. The number of benzene rings is 2. The van der Waals surface area contributed by atoms with Crippen molar-refractivity contribution in [2.75, 3.05) is 36.6 Å². The number of ketones is 1. The van der Waals surface area contributed by atoms with E-state index in [4.69, 9.17) is 0 Å². The van der Waals surface area contributed by atoms with Crippen molar-refractivity contribution >= 4 is 46.6 Å². The smallest absolute Gasteiger partial charge is 0.253 e. The molecule has 0 saturated heterocycles. The third-order valence-corrected chi connectivity index (χ3v) is 5.46. The highest BCUT2D eigenvalue weighted by Crippen LogP contribution is 2.36. The fourth-order valence-corrected chi connectivity index (χ4v) is 3.84. The Kier molecular flexibility index (Phi) is 6.03. The van der Waals surface area contributed by atoms with Crippen LogP contribution in [0.2, 0.25) is 0 Å². The molecular formula is C21H21N3O4S. The highest BCUT2D eigenvalue weighted by Gasteiger charge is 2.27. The van der Waals surface area contributed by atoms with Crippen molar-refractivity contribution in [2.24, 2.45) is 0 Å². The first kappa shape index (κ1) is 20.6. The molecule has 150 valence electrons. The second-order valence-electron chi connectivity index (χ2n) is 6.84. The number of hydrogen-bond donors (Lipinski definition) is 1. The van der Waals surface area contributed by atoms with Crippen LogP contribution in [0.25, 0.3) is 0 Å². The van der Waals surface area contributed by atoms with E-state index >= 15 is 0 Å². The summed E-state index contributed by atoms with van der Waals surface area (Å²) in [6.45, 7) is 1.27. The van der Waals surface area contributed by atoms with E-state index in [9.17, 15) is 19.2 Å². The molecule has 3 rings (SSSR count). The molecule has 0 atom stereocenters. The molecule has 1 N–H and O–H groups in total. The standard InChI is InChI=1S/C21H21N3O4S/c1-13(25)14-5-4-6-16(9-14)22-19(26)11-24-17-10-15(21(28)23(2)3)7-8-18(17)29-12-20(24)27/h4-10H,11-12H2,1-3H3,(H,22,26). The number of carbonyl (C=O) groups excluding carboxylic acids is 4. The molecule has 0 aromatic heterocycles. The van der Waals surface area contributed by atoms with Gasteiger partial charge in [0.05, 0.1) is 11.4 Å². The number of carbonyl (C=O) groups is 4.